The van der Waals surface area contributed by atoms with Gasteiger partial charge in [0.2, 0.25) is 5.69 Å². The maximum Gasteiger partial charge on any atom is 0.244 e. The van der Waals surface area contributed by atoms with E-state index in [2.05, 4.69) is 0 Å². The van der Waals surface area contributed by atoms with Gasteiger partial charge in [0.25, 0.3) is 0 Å². The van der Waals surface area contributed by atoms with Gasteiger partial charge in [0.15, 0.2) is 0 Å². The van der Waals surface area contributed by atoms with Crippen molar-refractivity contribution in [2.24, 2.45) is 0 Å². The topological polar surface area (TPSA) is 38.7 Å². The third-order valence-corrected chi connectivity index (χ3v) is 5.78. The minimum absolute atomic E-state index is 0.193. The predicted molar refractivity (Wildman–Crippen MR) is 66.3 cm³/mol. The summed E-state index contributed by atoms with van der Waals surface area (Å²) in [4.78, 5) is 9.62. The van der Waals surface area contributed by atoms with E-state index in [1.807, 2.05) is 20.8 Å². The molecule has 0 bridgehead atoms. The number of ether oxygens (including phenoxy) is 1. The van der Waals surface area contributed by atoms with Gasteiger partial charge in [0.1, 0.15) is 0 Å². The molecule has 0 aliphatic rings. The van der Waals surface area contributed by atoms with Crippen molar-refractivity contribution >= 4 is 28.9 Å². The first-order valence-electron chi connectivity index (χ1n) is 4.71. The zero-order chi connectivity index (χ0) is 11.0. The molecular formula is C8H19O3PS2. The molecule has 0 amide bonds. The molecule has 86 valence electrons. The molecule has 3 nitrogen and oxygen atoms in total. The van der Waals surface area contributed by atoms with Crippen molar-refractivity contribution in [2.75, 3.05) is 19.0 Å². The third-order valence-electron chi connectivity index (χ3n) is 1.25. The highest BCUT2D eigenvalue weighted by atomic mass is 32.9. The minimum atomic E-state index is -2.60. The summed E-state index contributed by atoms with van der Waals surface area (Å²) < 4.78 is 10.5. The van der Waals surface area contributed by atoms with Gasteiger partial charge in [-0.05, 0) is 32.1 Å². The molecule has 0 aliphatic carbocycles. The second kappa shape index (κ2) is 8.08. The Morgan fingerprint density at radius 3 is 2.57 bits per heavy atom. The van der Waals surface area contributed by atoms with Gasteiger partial charge in [-0.3, -0.25) is 0 Å². The molecule has 1 N–H and O–H groups in total. The summed E-state index contributed by atoms with van der Waals surface area (Å²) >= 11 is 6.28. The van der Waals surface area contributed by atoms with Crippen LogP contribution >= 0.6 is 17.1 Å². The lowest BCUT2D eigenvalue weighted by Gasteiger charge is -2.15. The highest BCUT2D eigenvalue weighted by Crippen LogP contribution is 2.55. The van der Waals surface area contributed by atoms with Gasteiger partial charge in [-0.1, -0.05) is 18.3 Å². The van der Waals surface area contributed by atoms with Crippen LogP contribution in [0.4, 0.5) is 0 Å². The highest BCUT2D eigenvalue weighted by Gasteiger charge is 2.13. The molecule has 0 rings (SSSR count). The minimum Gasteiger partial charge on any atom is -0.376 e. The average Bonchev–Trinajstić information content (AvgIpc) is 2.09. The van der Waals surface area contributed by atoms with Crippen LogP contribution in [0.5, 0.6) is 0 Å². The first-order chi connectivity index (χ1) is 6.48. The maximum absolute atomic E-state index is 9.62. The Balaban J connectivity index is 3.50. The van der Waals surface area contributed by atoms with Crippen molar-refractivity contribution in [1.82, 2.24) is 0 Å². The molecular weight excluding hydrogens is 239 g/mol. The molecule has 0 fully saturated rings. The van der Waals surface area contributed by atoms with E-state index in [4.69, 9.17) is 21.1 Å². The van der Waals surface area contributed by atoms with Crippen LogP contribution in [0.2, 0.25) is 0 Å². The van der Waals surface area contributed by atoms with Crippen LogP contribution < -0.4 is 0 Å². The standard InChI is InChI=1S/C8H19O3PS2/c1-4-7-14-12(9,13)11-6-5-10-8(2)3/h8H,4-7H2,1-3H3,(H,9,13). The van der Waals surface area contributed by atoms with Crippen LogP contribution in [0.25, 0.3) is 0 Å². The van der Waals surface area contributed by atoms with E-state index in [9.17, 15) is 4.89 Å². The van der Waals surface area contributed by atoms with E-state index in [0.29, 0.717) is 13.2 Å². The summed E-state index contributed by atoms with van der Waals surface area (Å²) in [5.74, 6) is 0.846. The average molecular weight is 258 g/mol. The molecule has 0 saturated heterocycles. The first-order valence-corrected chi connectivity index (χ1v) is 8.97. The van der Waals surface area contributed by atoms with Crippen LogP contribution in [0, 0.1) is 0 Å². The molecule has 14 heavy (non-hydrogen) atoms. The first kappa shape index (κ1) is 14.9. The Hall–Kier alpha value is 0.880. The van der Waals surface area contributed by atoms with Crippen molar-refractivity contribution in [3.8, 4) is 0 Å². The normalized spacial score (nSPS) is 15.8. The lowest BCUT2D eigenvalue weighted by atomic mass is 10.5. The molecule has 0 spiro atoms. The lowest BCUT2D eigenvalue weighted by Crippen LogP contribution is -2.08. The van der Waals surface area contributed by atoms with E-state index < -0.39 is 5.69 Å². The second-order valence-electron chi connectivity index (χ2n) is 3.05. The van der Waals surface area contributed by atoms with Gasteiger partial charge in [-0.15, -0.1) is 0 Å². The summed E-state index contributed by atoms with van der Waals surface area (Å²) in [5, 5.41) is 0. The smallest absolute Gasteiger partial charge is 0.244 e. The Morgan fingerprint density at radius 2 is 2.07 bits per heavy atom. The van der Waals surface area contributed by atoms with Crippen LogP contribution in [-0.2, 0) is 21.1 Å². The van der Waals surface area contributed by atoms with Crippen molar-refractivity contribution in [1.29, 1.82) is 0 Å². The van der Waals surface area contributed by atoms with E-state index in [0.717, 1.165) is 12.2 Å². The largest absolute Gasteiger partial charge is 0.376 e. The fraction of sp³-hybridized carbons (Fsp3) is 1.00. The van der Waals surface area contributed by atoms with Crippen molar-refractivity contribution < 1.29 is 14.2 Å². The molecule has 0 aliphatic heterocycles. The predicted octanol–water partition coefficient (Wildman–Crippen LogP) is 2.79. The summed E-state index contributed by atoms with van der Waals surface area (Å²) in [7, 11) is 0. The van der Waals surface area contributed by atoms with E-state index in [1.54, 1.807) is 0 Å². The Morgan fingerprint density at radius 1 is 1.43 bits per heavy atom. The molecule has 0 aromatic carbocycles. The van der Waals surface area contributed by atoms with Crippen LogP contribution in [0.15, 0.2) is 0 Å². The monoisotopic (exact) mass is 258 g/mol. The quantitative estimate of drug-likeness (QED) is 0.535. The van der Waals surface area contributed by atoms with Crippen molar-refractivity contribution in [3.05, 3.63) is 0 Å². The van der Waals surface area contributed by atoms with Gasteiger partial charge in [-0.2, -0.15) is 0 Å². The summed E-state index contributed by atoms with van der Waals surface area (Å²) in [6, 6.07) is 0. The maximum atomic E-state index is 9.62. The molecule has 1 atom stereocenters. The SMILES string of the molecule is CCCSP(O)(=S)OCCOC(C)C. The summed E-state index contributed by atoms with van der Waals surface area (Å²) in [5.41, 5.74) is -2.60. The summed E-state index contributed by atoms with van der Waals surface area (Å²) in [6.07, 6.45) is 1.19. The van der Waals surface area contributed by atoms with Gasteiger partial charge < -0.3 is 14.2 Å². The van der Waals surface area contributed by atoms with Gasteiger partial charge in [-0.25, -0.2) is 0 Å². The fourth-order valence-electron chi connectivity index (χ4n) is 0.680. The number of hydrogen-bond acceptors (Lipinski definition) is 4. The second-order valence-corrected chi connectivity index (χ2v) is 9.35. The molecule has 0 aromatic heterocycles. The van der Waals surface area contributed by atoms with E-state index >= 15 is 0 Å². The number of rotatable bonds is 8. The molecule has 1 unspecified atom stereocenters. The summed E-state index contributed by atoms with van der Waals surface area (Å²) in [6.45, 7) is 6.83. The van der Waals surface area contributed by atoms with E-state index in [-0.39, 0.29) is 6.10 Å². The highest BCUT2D eigenvalue weighted by molar-refractivity contribution is 8.67. The Bertz CT molecular complexity index is 187. The van der Waals surface area contributed by atoms with E-state index in [1.165, 1.54) is 11.4 Å². The van der Waals surface area contributed by atoms with Gasteiger partial charge >= 0.3 is 0 Å². The molecule has 6 heteroatoms. The Labute approximate surface area is 95.5 Å². The lowest BCUT2D eigenvalue weighted by molar-refractivity contribution is 0.0563. The molecule has 0 heterocycles. The van der Waals surface area contributed by atoms with Crippen LogP contribution in [0.1, 0.15) is 27.2 Å². The fourth-order valence-corrected chi connectivity index (χ4v) is 4.05. The molecule has 0 radical (unpaired) electrons. The van der Waals surface area contributed by atoms with Crippen LogP contribution in [-0.4, -0.2) is 30.0 Å². The van der Waals surface area contributed by atoms with Gasteiger partial charge in [0, 0.05) is 5.75 Å². The zero-order valence-corrected chi connectivity index (χ0v) is 11.5. The van der Waals surface area contributed by atoms with Crippen LogP contribution in [0.3, 0.4) is 0 Å². The van der Waals surface area contributed by atoms with Crippen molar-refractivity contribution in [3.63, 3.8) is 0 Å². The third kappa shape index (κ3) is 9.44. The van der Waals surface area contributed by atoms with Crippen molar-refractivity contribution in [2.45, 2.75) is 33.3 Å². The number of hydrogen-bond donors (Lipinski definition) is 1. The Kier molecular flexibility index (Phi) is 8.59. The zero-order valence-electron chi connectivity index (χ0n) is 8.93. The van der Waals surface area contributed by atoms with Gasteiger partial charge in [0.05, 0.1) is 19.3 Å². The molecule has 0 aromatic rings. The molecule has 0 saturated carbocycles.